The van der Waals surface area contributed by atoms with Gasteiger partial charge in [-0.25, -0.2) is 0 Å². The molecule has 2 aliphatic rings. The fourth-order valence-electron chi connectivity index (χ4n) is 3.64. The highest BCUT2D eigenvalue weighted by Gasteiger charge is 2.31. The lowest BCUT2D eigenvalue weighted by Gasteiger charge is -2.22. The fourth-order valence-corrected chi connectivity index (χ4v) is 3.64. The smallest absolute Gasteiger partial charge is 0.234 e. The van der Waals surface area contributed by atoms with Crippen LogP contribution in [0.2, 0.25) is 0 Å². The average Bonchev–Trinajstić information content (AvgIpc) is 3.19. The predicted octanol–water partition coefficient (Wildman–Crippen LogP) is 2.49. The van der Waals surface area contributed by atoms with E-state index in [1.807, 2.05) is 7.05 Å². The molecule has 0 unspecified atom stereocenters. The van der Waals surface area contributed by atoms with Crippen molar-refractivity contribution in [2.45, 2.75) is 13.0 Å². The average molecular weight is 383 g/mol. The van der Waals surface area contributed by atoms with Gasteiger partial charge in [0, 0.05) is 29.8 Å². The van der Waals surface area contributed by atoms with Gasteiger partial charge in [0.2, 0.25) is 18.4 Å². The van der Waals surface area contributed by atoms with Gasteiger partial charge in [-0.15, -0.1) is 0 Å². The number of hydrogen-bond donors (Lipinski definition) is 0. The molecule has 0 aliphatic carbocycles. The van der Waals surface area contributed by atoms with Crippen molar-refractivity contribution in [3.05, 3.63) is 46.5 Å². The van der Waals surface area contributed by atoms with E-state index >= 15 is 0 Å². The number of ether oxygens (including phenoxy) is 4. The molecule has 0 saturated carbocycles. The zero-order valence-corrected chi connectivity index (χ0v) is 16.0. The first kappa shape index (κ1) is 18.3. The van der Waals surface area contributed by atoms with Crippen molar-refractivity contribution in [2.24, 2.45) is 0 Å². The van der Waals surface area contributed by atoms with Crippen molar-refractivity contribution < 1.29 is 28.5 Å². The Bertz CT molecular complexity index is 968. The van der Waals surface area contributed by atoms with Crippen molar-refractivity contribution >= 4 is 11.6 Å². The van der Waals surface area contributed by atoms with Crippen molar-refractivity contribution in [2.75, 3.05) is 34.6 Å². The maximum atomic E-state index is 13.1. The molecule has 0 amide bonds. The third kappa shape index (κ3) is 2.97. The maximum Gasteiger partial charge on any atom is 0.234 e. The number of benzene rings is 2. The molecule has 7 nitrogen and oxygen atoms in total. The van der Waals surface area contributed by atoms with E-state index in [0.29, 0.717) is 59.2 Å². The molecule has 146 valence electrons. The molecule has 7 heteroatoms. The molecule has 0 N–H and O–H groups in total. The molecule has 0 atom stereocenters. The quantitative estimate of drug-likeness (QED) is 0.738. The number of nitrogens with zero attached hydrogens (tertiary/aromatic N) is 1. The molecule has 0 saturated heterocycles. The minimum Gasteiger partial charge on any atom is -0.493 e. The molecular formula is C21H21NO6. The normalized spacial score (nSPS) is 16.4. The molecule has 2 aromatic carbocycles. The van der Waals surface area contributed by atoms with Crippen molar-refractivity contribution in [3.63, 3.8) is 0 Å². The number of hydrogen-bond acceptors (Lipinski definition) is 7. The SMILES string of the molecule is COc1cc2c(cc1OC)C(=O)C(=O)c1ccc3c(c1CN(C)CC2)OCO3. The second-order valence-corrected chi connectivity index (χ2v) is 6.84. The van der Waals surface area contributed by atoms with Crippen LogP contribution in [-0.4, -0.2) is 51.1 Å². The summed E-state index contributed by atoms with van der Waals surface area (Å²) in [6.07, 6.45) is 0.590. The molecule has 0 radical (unpaired) electrons. The highest BCUT2D eigenvalue weighted by molar-refractivity contribution is 6.50. The van der Waals surface area contributed by atoms with Crippen LogP contribution in [0.3, 0.4) is 0 Å². The molecule has 2 aliphatic heterocycles. The van der Waals surface area contributed by atoms with Gasteiger partial charge in [-0.05, 0) is 43.3 Å². The first-order valence-electron chi connectivity index (χ1n) is 8.97. The number of likely N-dealkylation sites (N-methyl/N-ethyl adjacent to an activating group) is 1. The molecule has 28 heavy (non-hydrogen) atoms. The van der Waals surface area contributed by atoms with Crippen molar-refractivity contribution in [3.8, 4) is 23.0 Å². The van der Waals surface area contributed by atoms with Gasteiger partial charge >= 0.3 is 0 Å². The summed E-state index contributed by atoms with van der Waals surface area (Å²) >= 11 is 0. The standard InChI is InChI=1S/C21H21NO6/c1-22-7-6-12-8-17(25-2)18(26-3)9-14(12)20(24)19(23)13-4-5-16-21(15(13)10-22)28-11-27-16/h4-5,8-9H,6-7,10-11H2,1-3H3. The van der Waals surface area contributed by atoms with Crippen LogP contribution in [-0.2, 0) is 13.0 Å². The van der Waals surface area contributed by atoms with Gasteiger partial charge in [-0.3, -0.25) is 9.59 Å². The third-order valence-electron chi connectivity index (χ3n) is 5.14. The Hall–Kier alpha value is -3.06. The summed E-state index contributed by atoms with van der Waals surface area (Å²) in [6, 6.07) is 6.67. The summed E-state index contributed by atoms with van der Waals surface area (Å²) in [6.45, 7) is 1.27. The Morgan fingerprint density at radius 3 is 2.43 bits per heavy atom. The highest BCUT2D eigenvalue weighted by atomic mass is 16.7. The summed E-state index contributed by atoms with van der Waals surface area (Å²) in [5.41, 5.74) is 2.11. The van der Waals surface area contributed by atoms with Crippen LogP contribution in [0.25, 0.3) is 0 Å². The number of Topliss-reactive ketones (excluding diaryl/α,β-unsaturated/α-hetero) is 2. The Balaban J connectivity index is 1.87. The van der Waals surface area contributed by atoms with E-state index in [9.17, 15) is 9.59 Å². The molecule has 0 fully saturated rings. The second-order valence-electron chi connectivity index (χ2n) is 6.84. The zero-order chi connectivity index (χ0) is 19.8. The van der Waals surface area contributed by atoms with Crippen molar-refractivity contribution in [1.82, 2.24) is 4.90 Å². The van der Waals surface area contributed by atoms with E-state index in [4.69, 9.17) is 18.9 Å². The van der Waals surface area contributed by atoms with Crippen LogP contribution >= 0.6 is 0 Å². The minimum absolute atomic E-state index is 0.109. The molecule has 0 spiro atoms. The molecule has 2 heterocycles. The molecular weight excluding hydrogens is 362 g/mol. The number of carbonyl (C=O) groups excluding carboxylic acids is 2. The summed E-state index contributed by atoms with van der Waals surface area (Å²) in [5.74, 6) is 0.941. The number of ketones is 2. The van der Waals surface area contributed by atoms with Gasteiger partial charge in [0.15, 0.2) is 23.0 Å². The number of rotatable bonds is 2. The fraction of sp³-hybridized carbons (Fsp3) is 0.333. The highest BCUT2D eigenvalue weighted by Crippen LogP contribution is 2.39. The van der Waals surface area contributed by atoms with E-state index < -0.39 is 11.6 Å². The van der Waals surface area contributed by atoms with Crippen LogP contribution in [0.4, 0.5) is 0 Å². The van der Waals surface area contributed by atoms with Gasteiger partial charge in [0.1, 0.15) is 0 Å². The number of fused-ring (bicyclic) bond motifs is 4. The third-order valence-corrected chi connectivity index (χ3v) is 5.14. The minimum atomic E-state index is -0.572. The van der Waals surface area contributed by atoms with Gasteiger partial charge in [-0.1, -0.05) is 0 Å². The van der Waals surface area contributed by atoms with Gasteiger partial charge in [-0.2, -0.15) is 0 Å². The zero-order valence-electron chi connectivity index (χ0n) is 16.0. The maximum absolute atomic E-state index is 13.1. The van der Waals surface area contributed by atoms with E-state index in [2.05, 4.69) is 4.90 Å². The topological polar surface area (TPSA) is 74.3 Å². The largest absolute Gasteiger partial charge is 0.493 e. The first-order valence-corrected chi connectivity index (χ1v) is 8.97. The second kappa shape index (κ2) is 7.16. The summed E-state index contributed by atoms with van der Waals surface area (Å²) in [5, 5.41) is 0. The Labute approximate surface area is 162 Å². The van der Waals surface area contributed by atoms with E-state index in [1.165, 1.54) is 7.11 Å². The molecule has 4 rings (SSSR count). The lowest BCUT2D eigenvalue weighted by atomic mass is 9.91. The van der Waals surface area contributed by atoms with E-state index in [-0.39, 0.29) is 6.79 Å². The van der Waals surface area contributed by atoms with Crippen LogP contribution in [0.1, 0.15) is 31.8 Å². The van der Waals surface area contributed by atoms with Crippen LogP contribution < -0.4 is 18.9 Å². The molecule has 2 aromatic rings. The van der Waals surface area contributed by atoms with Crippen LogP contribution in [0.15, 0.2) is 24.3 Å². The Morgan fingerprint density at radius 1 is 0.964 bits per heavy atom. The van der Waals surface area contributed by atoms with Crippen LogP contribution in [0, 0.1) is 0 Å². The lowest BCUT2D eigenvalue weighted by Crippen LogP contribution is -2.27. The summed E-state index contributed by atoms with van der Waals surface area (Å²) in [7, 11) is 5.01. The first-order chi connectivity index (χ1) is 13.5. The number of carbonyl (C=O) groups is 2. The van der Waals surface area contributed by atoms with Gasteiger partial charge < -0.3 is 23.8 Å². The number of methoxy groups -OCH3 is 2. The predicted molar refractivity (Wildman–Crippen MR) is 101 cm³/mol. The summed E-state index contributed by atoms with van der Waals surface area (Å²) in [4.78, 5) is 28.4. The van der Waals surface area contributed by atoms with Gasteiger partial charge in [0.05, 0.1) is 14.2 Å². The molecule has 0 bridgehead atoms. The van der Waals surface area contributed by atoms with Gasteiger partial charge in [0.25, 0.3) is 0 Å². The van der Waals surface area contributed by atoms with E-state index in [1.54, 1.807) is 31.4 Å². The van der Waals surface area contributed by atoms with Crippen LogP contribution in [0.5, 0.6) is 23.0 Å². The Morgan fingerprint density at radius 2 is 1.68 bits per heavy atom. The van der Waals surface area contributed by atoms with Crippen molar-refractivity contribution in [1.29, 1.82) is 0 Å². The lowest BCUT2D eigenvalue weighted by molar-refractivity contribution is 0.0814. The van der Waals surface area contributed by atoms with E-state index in [0.717, 1.165) is 5.56 Å². The summed E-state index contributed by atoms with van der Waals surface area (Å²) < 4.78 is 21.7. The monoisotopic (exact) mass is 383 g/mol. The Kier molecular flexibility index (Phi) is 4.68. The molecule has 0 aromatic heterocycles.